The van der Waals surface area contributed by atoms with Gasteiger partial charge in [0.15, 0.2) is 0 Å². The van der Waals surface area contributed by atoms with Gasteiger partial charge in [-0.1, -0.05) is 11.6 Å². The van der Waals surface area contributed by atoms with Crippen LogP contribution >= 0.6 is 22.9 Å². The number of hydrogen-bond acceptors (Lipinski definition) is 4. The first-order valence-corrected chi connectivity index (χ1v) is 10.7. The minimum Gasteiger partial charge on any atom is -0.351 e. The number of amides is 4. The van der Waals surface area contributed by atoms with Crippen molar-refractivity contribution in [1.82, 2.24) is 15.1 Å². The van der Waals surface area contributed by atoms with E-state index in [9.17, 15) is 14.4 Å². The molecule has 2 aromatic rings. The van der Waals surface area contributed by atoms with Crippen LogP contribution in [0.5, 0.6) is 0 Å². The molecule has 0 saturated carbocycles. The third-order valence-corrected chi connectivity index (χ3v) is 5.57. The second-order valence-electron chi connectivity index (χ2n) is 6.68. The summed E-state index contributed by atoms with van der Waals surface area (Å²) in [5, 5.41) is 9.84. The van der Waals surface area contributed by atoms with Gasteiger partial charge >= 0.3 is 6.03 Å². The first-order valence-electron chi connectivity index (χ1n) is 9.42. The summed E-state index contributed by atoms with van der Waals surface area (Å²) in [7, 11) is 0. The summed E-state index contributed by atoms with van der Waals surface area (Å²) in [6.07, 6.45) is 0.952. The third-order valence-electron chi connectivity index (χ3n) is 4.64. The fourth-order valence-electron chi connectivity index (χ4n) is 3.04. The van der Waals surface area contributed by atoms with Gasteiger partial charge in [0.05, 0.1) is 0 Å². The summed E-state index contributed by atoms with van der Waals surface area (Å²) < 4.78 is 0. The zero-order valence-electron chi connectivity index (χ0n) is 15.9. The van der Waals surface area contributed by atoms with Crippen LogP contribution in [0.15, 0.2) is 41.1 Å². The molecule has 2 heterocycles. The molecule has 0 aliphatic carbocycles. The maximum atomic E-state index is 12.5. The molecule has 29 heavy (non-hydrogen) atoms. The Hall–Kier alpha value is -2.58. The minimum absolute atomic E-state index is 0.0180. The summed E-state index contributed by atoms with van der Waals surface area (Å²) in [4.78, 5) is 40.3. The number of nitrogens with zero attached hydrogens (tertiary/aromatic N) is 2. The Morgan fingerprint density at radius 2 is 1.72 bits per heavy atom. The molecule has 0 spiro atoms. The summed E-state index contributed by atoms with van der Waals surface area (Å²) in [5.41, 5.74) is 1.29. The molecule has 0 atom stereocenters. The maximum Gasteiger partial charge on any atom is 0.321 e. The number of anilines is 1. The number of benzene rings is 1. The van der Waals surface area contributed by atoms with E-state index in [1.807, 2.05) is 5.38 Å². The van der Waals surface area contributed by atoms with E-state index in [4.69, 9.17) is 11.6 Å². The molecule has 7 nitrogen and oxygen atoms in total. The molecule has 0 radical (unpaired) electrons. The Morgan fingerprint density at radius 1 is 1.00 bits per heavy atom. The lowest BCUT2D eigenvalue weighted by atomic mass is 10.3. The molecule has 0 bridgehead atoms. The molecule has 1 aliphatic rings. The van der Waals surface area contributed by atoms with E-state index >= 15 is 0 Å². The second kappa shape index (κ2) is 10.3. The predicted molar refractivity (Wildman–Crippen MR) is 115 cm³/mol. The van der Waals surface area contributed by atoms with Crippen LogP contribution in [0.3, 0.4) is 0 Å². The molecule has 4 amide bonds. The fourth-order valence-corrected chi connectivity index (χ4v) is 3.80. The molecule has 1 aromatic heterocycles. The van der Waals surface area contributed by atoms with E-state index < -0.39 is 0 Å². The van der Waals surface area contributed by atoms with Gasteiger partial charge in [-0.3, -0.25) is 9.59 Å². The number of thiophene rings is 1. The molecular formula is C20H23ClN4O3S. The van der Waals surface area contributed by atoms with Crippen molar-refractivity contribution in [2.75, 3.05) is 38.0 Å². The molecule has 1 saturated heterocycles. The second-order valence-corrected chi connectivity index (χ2v) is 7.89. The average Bonchev–Trinajstić information content (AvgIpc) is 3.14. The van der Waals surface area contributed by atoms with Crippen molar-refractivity contribution < 1.29 is 14.4 Å². The summed E-state index contributed by atoms with van der Waals surface area (Å²) in [6, 6.07) is 8.50. The topological polar surface area (TPSA) is 81.8 Å². The van der Waals surface area contributed by atoms with Crippen LogP contribution in [0.1, 0.15) is 23.2 Å². The summed E-state index contributed by atoms with van der Waals surface area (Å²) >= 11 is 7.32. The Bertz CT molecular complexity index is 842. The zero-order chi connectivity index (χ0) is 20.6. The number of carbonyl (C=O) groups is 3. The lowest BCUT2D eigenvalue weighted by Gasteiger charge is -2.22. The third kappa shape index (κ3) is 6.20. The van der Waals surface area contributed by atoms with Gasteiger partial charge in [-0.15, -0.1) is 0 Å². The average molecular weight is 435 g/mol. The molecule has 154 valence electrons. The molecule has 3 rings (SSSR count). The van der Waals surface area contributed by atoms with Crippen molar-refractivity contribution in [3.05, 3.63) is 51.7 Å². The molecule has 1 fully saturated rings. The Balaban J connectivity index is 1.42. The monoisotopic (exact) mass is 434 g/mol. The lowest BCUT2D eigenvalue weighted by Crippen LogP contribution is -2.40. The van der Waals surface area contributed by atoms with Crippen molar-refractivity contribution in [3.63, 3.8) is 0 Å². The van der Waals surface area contributed by atoms with E-state index in [2.05, 4.69) is 10.6 Å². The highest BCUT2D eigenvalue weighted by molar-refractivity contribution is 7.08. The molecular weight excluding hydrogens is 412 g/mol. The first-order chi connectivity index (χ1) is 14.0. The quantitative estimate of drug-likeness (QED) is 0.757. The number of rotatable bonds is 5. The van der Waals surface area contributed by atoms with Gasteiger partial charge in [-0.25, -0.2) is 4.79 Å². The van der Waals surface area contributed by atoms with Gasteiger partial charge in [0.25, 0.3) is 5.91 Å². The highest BCUT2D eigenvalue weighted by Crippen LogP contribution is 2.14. The van der Waals surface area contributed by atoms with Crippen LogP contribution in [0.2, 0.25) is 5.02 Å². The normalized spacial score (nSPS) is 14.2. The van der Waals surface area contributed by atoms with Gasteiger partial charge in [0.2, 0.25) is 5.91 Å². The smallest absolute Gasteiger partial charge is 0.321 e. The van der Waals surface area contributed by atoms with Crippen molar-refractivity contribution in [3.8, 4) is 0 Å². The predicted octanol–water partition coefficient (Wildman–Crippen LogP) is 3.29. The Labute approximate surface area is 178 Å². The number of nitrogens with one attached hydrogen (secondary N) is 2. The van der Waals surface area contributed by atoms with E-state index in [0.717, 1.165) is 0 Å². The molecule has 1 aromatic carbocycles. The first kappa shape index (κ1) is 21.1. The Kier molecular flexibility index (Phi) is 7.48. The summed E-state index contributed by atoms with van der Waals surface area (Å²) in [6.45, 7) is 2.42. The van der Waals surface area contributed by atoms with Crippen molar-refractivity contribution in [2.24, 2.45) is 0 Å². The number of urea groups is 1. The fraction of sp³-hybridized carbons (Fsp3) is 0.350. The Morgan fingerprint density at radius 3 is 2.45 bits per heavy atom. The molecule has 2 N–H and O–H groups in total. The van der Waals surface area contributed by atoms with E-state index in [1.165, 1.54) is 11.3 Å². The number of hydrogen-bond donors (Lipinski definition) is 2. The number of carbonyl (C=O) groups excluding carboxylic acids is 3. The van der Waals surface area contributed by atoms with Crippen LogP contribution in [0.25, 0.3) is 0 Å². The highest BCUT2D eigenvalue weighted by atomic mass is 35.5. The van der Waals surface area contributed by atoms with Crippen LogP contribution in [-0.4, -0.2) is 60.4 Å². The maximum absolute atomic E-state index is 12.5. The summed E-state index contributed by atoms with van der Waals surface area (Å²) in [5.74, 6) is -0.185. The zero-order valence-corrected chi connectivity index (χ0v) is 17.5. The van der Waals surface area contributed by atoms with Crippen molar-refractivity contribution >= 4 is 46.5 Å². The molecule has 1 aliphatic heterocycles. The SMILES string of the molecule is O=C(NCCC(=O)N1CCCN(C(=O)Nc2ccc(Cl)cc2)CC1)c1ccsc1. The van der Waals surface area contributed by atoms with Crippen molar-refractivity contribution in [1.29, 1.82) is 0 Å². The van der Waals surface area contributed by atoms with Gasteiger partial charge in [0, 0.05) is 60.8 Å². The van der Waals surface area contributed by atoms with E-state index in [0.29, 0.717) is 55.4 Å². The van der Waals surface area contributed by atoms with Crippen LogP contribution in [-0.2, 0) is 4.79 Å². The van der Waals surface area contributed by atoms with Crippen molar-refractivity contribution in [2.45, 2.75) is 12.8 Å². The highest BCUT2D eigenvalue weighted by Gasteiger charge is 2.22. The molecule has 9 heteroatoms. The van der Waals surface area contributed by atoms with Gasteiger partial charge in [-0.05, 0) is 42.1 Å². The van der Waals surface area contributed by atoms with Gasteiger partial charge < -0.3 is 20.4 Å². The molecule has 0 unspecified atom stereocenters. The standard InChI is InChI=1S/C20H23ClN4O3S/c21-16-2-4-17(5-3-16)23-20(28)25-10-1-9-24(11-12-25)18(26)6-8-22-19(27)15-7-13-29-14-15/h2-5,7,13-14H,1,6,8-12H2,(H,22,27)(H,23,28). The number of halogens is 1. The van der Waals surface area contributed by atoms with Crippen LogP contribution < -0.4 is 10.6 Å². The van der Waals surface area contributed by atoms with Gasteiger partial charge in [0.1, 0.15) is 0 Å². The van der Waals surface area contributed by atoms with E-state index in [1.54, 1.807) is 45.5 Å². The van der Waals surface area contributed by atoms with Crippen LogP contribution in [0, 0.1) is 0 Å². The van der Waals surface area contributed by atoms with Crippen LogP contribution in [0.4, 0.5) is 10.5 Å². The largest absolute Gasteiger partial charge is 0.351 e. The lowest BCUT2D eigenvalue weighted by molar-refractivity contribution is -0.130. The van der Waals surface area contributed by atoms with Gasteiger partial charge in [-0.2, -0.15) is 11.3 Å². The van der Waals surface area contributed by atoms with E-state index in [-0.39, 0.29) is 24.3 Å². The minimum atomic E-state index is -0.190.